The van der Waals surface area contributed by atoms with Crippen LogP contribution >= 0.6 is 0 Å². The van der Waals surface area contributed by atoms with Crippen molar-refractivity contribution in [1.82, 2.24) is 0 Å². The van der Waals surface area contributed by atoms with Crippen molar-refractivity contribution >= 4 is 14.2 Å². The average molecular weight is 532 g/mol. The van der Waals surface area contributed by atoms with Crippen molar-refractivity contribution in [2.75, 3.05) is 13.2 Å². The standard InChI is InChI=1S/C30H54B2O6/c1-11-13-15-17-19-33-25-21-24(32-37-29(7,8)30(9,10)38-32)26(34-20-18-16-14-12-2)22-23(25)31-35-27(3,4)28(5,6)36-31/h21-23,25H,11-20H2,1-10H3. The molecule has 38 heavy (non-hydrogen) atoms. The SMILES string of the molecule is CCCCCCOC1=CC(B2OC(C)(C)C(C)(C)O2)C(OCCCCCC)C=C1B1OC(C)(C)C(C)(C)O1. The van der Waals surface area contributed by atoms with E-state index in [4.69, 9.17) is 28.1 Å². The molecule has 0 bridgehead atoms. The van der Waals surface area contributed by atoms with E-state index >= 15 is 0 Å². The molecule has 0 saturated carbocycles. The number of unbranched alkanes of at least 4 members (excludes halogenated alkanes) is 6. The van der Waals surface area contributed by atoms with E-state index < -0.39 is 36.6 Å². The van der Waals surface area contributed by atoms with Gasteiger partial charge in [-0.2, -0.15) is 0 Å². The summed E-state index contributed by atoms with van der Waals surface area (Å²) < 4.78 is 39.0. The van der Waals surface area contributed by atoms with Crippen LogP contribution in [0.2, 0.25) is 5.82 Å². The van der Waals surface area contributed by atoms with Crippen LogP contribution in [-0.2, 0) is 28.1 Å². The van der Waals surface area contributed by atoms with E-state index in [1.54, 1.807) is 0 Å². The molecule has 3 aliphatic rings. The summed E-state index contributed by atoms with van der Waals surface area (Å²) in [4.78, 5) is 0. The molecule has 2 fully saturated rings. The predicted molar refractivity (Wildman–Crippen MR) is 156 cm³/mol. The fourth-order valence-electron chi connectivity index (χ4n) is 4.93. The van der Waals surface area contributed by atoms with Gasteiger partial charge in [0.05, 0.1) is 35.1 Å². The highest BCUT2D eigenvalue weighted by atomic mass is 16.7. The first-order valence-electron chi connectivity index (χ1n) is 15.1. The maximum Gasteiger partial charge on any atom is 0.498 e. The Kier molecular flexibility index (Phi) is 10.7. The molecule has 0 aromatic carbocycles. The summed E-state index contributed by atoms with van der Waals surface area (Å²) in [7, 11) is -0.956. The second kappa shape index (κ2) is 12.8. The Morgan fingerprint density at radius 3 is 1.68 bits per heavy atom. The van der Waals surface area contributed by atoms with Crippen LogP contribution in [0.15, 0.2) is 23.4 Å². The molecular weight excluding hydrogens is 478 g/mol. The van der Waals surface area contributed by atoms with Gasteiger partial charge in [-0.1, -0.05) is 58.4 Å². The van der Waals surface area contributed by atoms with Gasteiger partial charge >= 0.3 is 14.2 Å². The zero-order chi connectivity index (χ0) is 28.2. The molecule has 2 heterocycles. The maximum absolute atomic E-state index is 6.54. The van der Waals surface area contributed by atoms with Crippen molar-refractivity contribution in [2.45, 2.75) is 155 Å². The maximum atomic E-state index is 6.54. The van der Waals surface area contributed by atoms with Crippen LogP contribution in [0.5, 0.6) is 0 Å². The van der Waals surface area contributed by atoms with Crippen molar-refractivity contribution in [1.29, 1.82) is 0 Å². The second-order valence-corrected chi connectivity index (χ2v) is 13.2. The minimum absolute atomic E-state index is 0.140. The summed E-state index contributed by atoms with van der Waals surface area (Å²) in [5, 5.41) is 0. The van der Waals surface area contributed by atoms with Crippen molar-refractivity contribution in [3.63, 3.8) is 0 Å². The molecule has 0 amide bonds. The summed E-state index contributed by atoms with van der Waals surface area (Å²) in [5.41, 5.74) is -0.819. The largest absolute Gasteiger partial charge is 0.498 e. The molecule has 3 rings (SSSR count). The average Bonchev–Trinajstić information content (AvgIpc) is 3.18. The van der Waals surface area contributed by atoms with Crippen LogP contribution in [0.25, 0.3) is 0 Å². The van der Waals surface area contributed by atoms with Crippen LogP contribution in [0, 0.1) is 0 Å². The monoisotopic (exact) mass is 532 g/mol. The fraction of sp³-hybridized carbons (Fsp3) is 0.867. The van der Waals surface area contributed by atoms with Crippen molar-refractivity contribution < 1.29 is 28.1 Å². The number of rotatable bonds is 14. The lowest BCUT2D eigenvalue weighted by Gasteiger charge is -2.32. The van der Waals surface area contributed by atoms with Crippen molar-refractivity contribution in [3.8, 4) is 0 Å². The van der Waals surface area contributed by atoms with E-state index in [-0.39, 0.29) is 11.9 Å². The fourth-order valence-corrected chi connectivity index (χ4v) is 4.93. The summed E-state index contributed by atoms with van der Waals surface area (Å²) in [6.45, 7) is 22.5. The molecular formula is C30H54B2O6. The minimum atomic E-state index is -0.521. The second-order valence-electron chi connectivity index (χ2n) is 13.2. The van der Waals surface area contributed by atoms with Gasteiger partial charge in [-0.15, -0.1) is 0 Å². The van der Waals surface area contributed by atoms with E-state index in [0.717, 1.165) is 30.5 Å². The molecule has 0 radical (unpaired) electrons. The van der Waals surface area contributed by atoms with E-state index in [1.807, 2.05) is 0 Å². The first-order chi connectivity index (χ1) is 17.7. The van der Waals surface area contributed by atoms with E-state index in [9.17, 15) is 0 Å². The van der Waals surface area contributed by atoms with Crippen LogP contribution < -0.4 is 0 Å². The summed E-state index contributed by atoms with van der Waals surface area (Å²) in [6.07, 6.45) is 13.3. The summed E-state index contributed by atoms with van der Waals surface area (Å²) in [5.74, 6) is 0.657. The van der Waals surface area contributed by atoms with Gasteiger partial charge in [-0.05, 0) is 74.3 Å². The number of allylic oxidation sites excluding steroid dienone is 1. The molecule has 2 aliphatic heterocycles. The first-order valence-corrected chi connectivity index (χ1v) is 15.1. The van der Waals surface area contributed by atoms with Gasteiger partial charge in [0.1, 0.15) is 5.76 Å². The Hall–Kier alpha value is -0.790. The van der Waals surface area contributed by atoms with Gasteiger partial charge in [-0.25, -0.2) is 0 Å². The van der Waals surface area contributed by atoms with E-state index in [1.165, 1.54) is 32.1 Å². The Balaban J connectivity index is 1.89. The lowest BCUT2D eigenvalue weighted by Crippen LogP contribution is -2.41. The van der Waals surface area contributed by atoms with Gasteiger partial charge < -0.3 is 28.1 Å². The molecule has 216 valence electrons. The molecule has 0 spiro atoms. The molecule has 0 N–H and O–H groups in total. The minimum Gasteiger partial charge on any atom is -0.494 e. The highest BCUT2D eigenvalue weighted by Gasteiger charge is 2.57. The zero-order valence-corrected chi connectivity index (χ0v) is 26.0. The van der Waals surface area contributed by atoms with Crippen molar-refractivity contribution in [2.24, 2.45) is 0 Å². The molecule has 6 nitrogen and oxygen atoms in total. The third-order valence-corrected chi connectivity index (χ3v) is 9.01. The smallest absolute Gasteiger partial charge is 0.494 e. The Bertz CT molecular complexity index is 803. The van der Waals surface area contributed by atoms with Gasteiger partial charge in [0.2, 0.25) is 0 Å². The van der Waals surface area contributed by atoms with Gasteiger partial charge in [0.15, 0.2) is 0 Å². The van der Waals surface area contributed by atoms with Crippen molar-refractivity contribution in [3.05, 3.63) is 23.4 Å². The van der Waals surface area contributed by atoms with Gasteiger partial charge in [-0.3, -0.25) is 0 Å². The topological polar surface area (TPSA) is 55.4 Å². The third kappa shape index (κ3) is 7.28. The van der Waals surface area contributed by atoms with E-state index in [2.05, 4.69) is 81.4 Å². The highest BCUT2D eigenvalue weighted by molar-refractivity contribution is 6.56. The molecule has 2 atom stereocenters. The molecule has 1 aliphatic carbocycles. The Morgan fingerprint density at radius 2 is 1.16 bits per heavy atom. The Morgan fingerprint density at radius 1 is 0.658 bits per heavy atom. The molecule has 0 aromatic heterocycles. The van der Waals surface area contributed by atoms with Crippen LogP contribution in [0.3, 0.4) is 0 Å². The number of hydrogen-bond acceptors (Lipinski definition) is 6. The van der Waals surface area contributed by atoms with Gasteiger partial charge in [0, 0.05) is 17.9 Å². The number of ether oxygens (including phenoxy) is 2. The molecule has 0 aromatic rings. The molecule has 8 heteroatoms. The van der Waals surface area contributed by atoms with Gasteiger partial charge in [0.25, 0.3) is 0 Å². The molecule has 2 unspecified atom stereocenters. The lowest BCUT2D eigenvalue weighted by molar-refractivity contribution is 0.00578. The first kappa shape index (κ1) is 31.7. The van der Waals surface area contributed by atoms with E-state index in [0.29, 0.717) is 13.2 Å². The highest BCUT2D eigenvalue weighted by Crippen LogP contribution is 2.46. The number of hydrogen-bond donors (Lipinski definition) is 0. The molecule has 2 saturated heterocycles. The summed E-state index contributed by atoms with van der Waals surface area (Å²) >= 11 is 0. The van der Waals surface area contributed by atoms with Crippen LogP contribution in [0.1, 0.15) is 121 Å². The predicted octanol–water partition coefficient (Wildman–Crippen LogP) is 7.47. The van der Waals surface area contributed by atoms with Crippen LogP contribution in [0.4, 0.5) is 0 Å². The normalized spacial score (nSPS) is 27.4. The third-order valence-electron chi connectivity index (χ3n) is 9.01. The zero-order valence-electron chi connectivity index (χ0n) is 26.0. The Labute approximate surface area is 233 Å². The lowest BCUT2D eigenvalue weighted by atomic mass is 9.62. The quantitative estimate of drug-likeness (QED) is 0.171. The van der Waals surface area contributed by atoms with Crippen LogP contribution in [-0.4, -0.2) is 56.0 Å². The summed E-state index contributed by atoms with van der Waals surface area (Å²) in [6, 6.07) is 0.